The Kier molecular flexibility index (Phi) is 3.15. The SMILES string of the molecule is [2H]C([2H])([2H])C([2H])([2H])[C@@]1(O)C(=O)OCc2c1cc1n(c2=O)Cc2cc3c(CN(C)C)c(O)ccc3nc2-1. The Morgan fingerprint density at radius 2 is 2.16 bits per heavy atom. The van der Waals surface area contributed by atoms with Gasteiger partial charge in [-0.25, -0.2) is 9.78 Å². The topological polar surface area (TPSA) is 105 Å². The predicted molar refractivity (Wildman–Crippen MR) is 114 cm³/mol. The molecule has 8 nitrogen and oxygen atoms in total. The van der Waals surface area contributed by atoms with E-state index in [-0.39, 0.29) is 23.6 Å². The number of carbonyl (C=O) groups excluding carboxylic acids is 1. The van der Waals surface area contributed by atoms with Crippen molar-refractivity contribution in [1.82, 2.24) is 14.5 Å². The first-order chi connectivity index (χ1) is 16.7. The number of carbonyl (C=O) groups is 1. The quantitative estimate of drug-likeness (QED) is 0.482. The molecule has 0 unspecified atom stereocenters. The van der Waals surface area contributed by atoms with Crippen molar-refractivity contribution in [3.05, 3.63) is 56.9 Å². The number of aromatic hydroxyl groups is 1. The van der Waals surface area contributed by atoms with Crippen LogP contribution < -0.4 is 5.56 Å². The van der Waals surface area contributed by atoms with Gasteiger partial charge in [0.25, 0.3) is 5.56 Å². The van der Waals surface area contributed by atoms with E-state index in [1.54, 1.807) is 6.07 Å². The van der Waals surface area contributed by atoms with Crippen LogP contribution >= 0.6 is 0 Å². The van der Waals surface area contributed by atoms with Crippen molar-refractivity contribution < 1.29 is 26.6 Å². The van der Waals surface area contributed by atoms with E-state index in [0.29, 0.717) is 34.3 Å². The lowest BCUT2D eigenvalue weighted by Gasteiger charge is -2.31. The molecular formula is C23H23N3O5. The summed E-state index contributed by atoms with van der Waals surface area (Å²) in [5.74, 6) is -1.37. The van der Waals surface area contributed by atoms with Gasteiger partial charge < -0.3 is 24.4 Å². The van der Waals surface area contributed by atoms with Gasteiger partial charge in [-0.3, -0.25) is 4.79 Å². The zero-order chi connectivity index (χ0) is 26.4. The Labute approximate surface area is 185 Å². The number of fused-ring (bicyclic) bond motifs is 5. The minimum absolute atomic E-state index is 0.105. The molecule has 160 valence electrons. The highest BCUT2D eigenvalue weighted by Crippen LogP contribution is 2.39. The first kappa shape index (κ1) is 14.7. The van der Waals surface area contributed by atoms with Crippen LogP contribution in [-0.2, 0) is 34.8 Å². The summed E-state index contributed by atoms with van der Waals surface area (Å²) >= 11 is 0. The van der Waals surface area contributed by atoms with E-state index in [2.05, 4.69) is 4.98 Å². The highest BCUT2D eigenvalue weighted by molar-refractivity contribution is 5.89. The Morgan fingerprint density at radius 3 is 2.90 bits per heavy atom. The van der Waals surface area contributed by atoms with Gasteiger partial charge in [-0.2, -0.15) is 0 Å². The van der Waals surface area contributed by atoms with Crippen molar-refractivity contribution in [2.45, 2.75) is 38.5 Å². The molecule has 31 heavy (non-hydrogen) atoms. The lowest BCUT2D eigenvalue weighted by atomic mass is 9.86. The van der Waals surface area contributed by atoms with Gasteiger partial charge in [-0.1, -0.05) is 6.85 Å². The van der Waals surface area contributed by atoms with E-state index in [1.165, 1.54) is 16.7 Å². The monoisotopic (exact) mass is 426 g/mol. The highest BCUT2D eigenvalue weighted by Gasteiger charge is 2.45. The first-order valence-corrected chi connectivity index (χ1v) is 9.65. The standard InChI is InChI=1S/C23H23N3O5/c1-4-23(30)16-8-18-20-12(9-26(18)21(28)15(16)11-31-22(23)29)7-13-14(10-25(2)3)19(27)6-5-17(13)24-20/h5-8,27,30H,4,9-11H2,1-3H3/t23-/m0/s1/i1D3,4D2. The number of pyridine rings is 2. The van der Waals surface area contributed by atoms with Gasteiger partial charge in [-0.15, -0.1) is 0 Å². The molecule has 0 spiro atoms. The maximum Gasteiger partial charge on any atom is 0.343 e. The number of nitrogens with zero attached hydrogens (tertiary/aromatic N) is 3. The summed E-state index contributed by atoms with van der Waals surface area (Å²) in [6.45, 7) is -3.38. The maximum atomic E-state index is 13.4. The van der Waals surface area contributed by atoms with Crippen molar-refractivity contribution in [1.29, 1.82) is 0 Å². The Balaban J connectivity index is 1.76. The molecule has 5 rings (SSSR count). The Bertz CT molecular complexity index is 1510. The summed E-state index contributed by atoms with van der Waals surface area (Å²) in [4.78, 5) is 32.7. The smallest absolute Gasteiger partial charge is 0.343 e. The van der Waals surface area contributed by atoms with Crippen LogP contribution in [0.1, 0.15) is 42.3 Å². The number of hydrogen-bond acceptors (Lipinski definition) is 7. The summed E-state index contributed by atoms with van der Waals surface area (Å²) in [6, 6.07) is 6.23. The van der Waals surface area contributed by atoms with E-state index in [1.807, 2.05) is 25.1 Å². The fourth-order valence-corrected chi connectivity index (χ4v) is 4.30. The second-order valence-electron chi connectivity index (χ2n) is 8.09. The fraction of sp³-hybridized carbons (Fsp3) is 0.348. The van der Waals surface area contributed by atoms with Crippen molar-refractivity contribution in [3.8, 4) is 17.1 Å². The summed E-state index contributed by atoms with van der Waals surface area (Å²) in [7, 11) is 3.73. The van der Waals surface area contributed by atoms with Crippen LogP contribution in [0.25, 0.3) is 22.3 Å². The van der Waals surface area contributed by atoms with Crippen LogP contribution in [0.5, 0.6) is 5.75 Å². The fourth-order valence-electron chi connectivity index (χ4n) is 4.30. The molecule has 0 saturated heterocycles. The molecule has 1 aromatic carbocycles. The average molecular weight is 426 g/mol. The van der Waals surface area contributed by atoms with E-state index in [4.69, 9.17) is 11.6 Å². The Morgan fingerprint density at radius 1 is 1.35 bits per heavy atom. The third kappa shape index (κ3) is 2.72. The predicted octanol–water partition coefficient (Wildman–Crippen LogP) is 1.85. The van der Waals surface area contributed by atoms with Gasteiger partial charge >= 0.3 is 5.97 Å². The van der Waals surface area contributed by atoms with Crippen molar-refractivity contribution >= 4 is 16.9 Å². The molecule has 0 saturated carbocycles. The number of ether oxygens (including phenoxy) is 1. The third-order valence-corrected chi connectivity index (χ3v) is 5.82. The molecular weight excluding hydrogens is 398 g/mol. The number of aromatic nitrogens is 2. The number of aliphatic hydroxyl groups is 1. The lowest BCUT2D eigenvalue weighted by Crippen LogP contribution is -2.44. The number of hydrogen-bond donors (Lipinski definition) is 2. The minimum atomic E-state index is -3.45. The van der Waals surface area contributed by atoms with Gasteiger partial charge in [0.1, 0.15) is 12.4 Å². The number of rotatable bonds is 3. The van der Waals surface area contributed by atoms with Crippen LogP contribution in [0.4, 0.5) is 0 Å². The van der Waals surface area contributed by atoms with Gasteiger partial charge in [-0.05, 0) is 44.7 Å². The number of phenolic OH excluding ortho intramolecular Hbond substituents is 1. The molecule has 2 aliphatic heterocycles. The minimum Gasteiger partial charge on any atom is -0.508 e. The summed E-state index contributed by atoms with van der Waals surface area (Å²) in [6.07, 6.45) is -3.45. The highest BCUT2D eigenvalue weighted by atomic mass is 16.6. The van der Waals surface area contributed by atoms with Crippen LogP contribution in [0.2, 0.25) is 0 Å². The summed E-state index contributed by atoms with van der Waals surface area (Å²) < 4.78 is 45.4. The zero-order valence-corrected chi connectivity index (χ0v) is 16.9. The normalized spacial score (nSPS) is 22.6. The second-order valence-corrected chi connectivity index (χ2v) is 8.09. The van der Waals surface area contributed by atoms with E-state index in [9.17, 15) is 19.8 Å². The number of phenols is 1. The van der Waals surface area contributed by atoms with E-state index < -0.39 is 42.5 Å². The average Bonchev–Trinajstić information content (AvgIpc) is 3.14. The third-order valence-electron chi connectivity index (χ3n) is 5.82. The summed E-state index contributed by atoms with van der Waals surface area (Å²) in [5, 5.41) is 22.4. The molecule has 0 aliphatic carbocycles. The first-order valence-electron chi connectivity index (χ1n) is 12.1. The van der Waals surface area contributed by atoms with E-state index >= 15 is 0 Å². The van der Waals surface area contributed by atoms with Gasteiger partial charge in [0.05, 0.1) is 29.0 Å². The molecule has 2 N–H and O–H groups in total. The Hall–Kier alpha value is -3.23. The number of esters is 1. The molecule has 8 heteroatoms. The maximum absolute atomic E-state index is 13.4. The molecule has 0 amide bonds. The van der Waals surface area contributed by atoms with E-state index in [0.717, 1.165) is 0 Å². The zero-order valence-electron chi connectivity index (χ0n) is 21.9. The van der Waals surface area contributed by atoms with Crippen LogP contribution in [-0.4, -0.2) is 44.7 Å². The van der Waals surface area contributed by atoms with Crippen molar-refractivity contribution in [2.75, 3.05) is 14.1 Å². The van der Waals surface area contributed by atoms with Crippen LogP contribution in [0.3, 0.4) is 0 Å². The van der Waals surface area contributed by atoms with Gasteiger partial charge in [0.15, 0.2) is 5.60 Å². The largest absolute Gasteiger partial charge is 0.508 e. The van der Waals surface area contributed by atoms with Gasteiger partial charge in [0.2, 0.25) is 0 Å². The number of cyclic esters (lactones) is 1. The lowest BCUT2D eigenvalue weighted by molar-refractivity contribution is -0.172. The number of benzene rings is 1. The van der Waals surface area contributed by atoms with Crippen LogP contribution in [0.15, 0.2) is 29.1 Å². The van der Waals surface area contributed by atoms with Crippen LogP contribution in [0, 0.1) is 0 Å². The second kappa shape index (κ2) is 6.63. The van der Waals surface area contributed by atoms with Crippen molar-refractivity contribution in [3.63, 3.8) is 0 Å². The molecule has 0 fully saturated rings. The molecule has 3 aromatic rings. The molecule has 2 aliphatic rings. The molecule has 2 aromatic heterocycles. The summed E-state index contributed by atoms with van der Waals surface area (Å²) in [5.41, 5.74) is -2.08. The molecule has 0 bridgehead atoms. The molecule has 0 radical (unpaired) electrons. The molecule has 4 heterocycles. The van der Waals surface area contributed by atoms with Gasteiger partial charge in [0, 0.05) is 35.5 Å². The molecule has 1 atom stereocenters. The van der Waals surface area contributed by atoms with Crippen molar-refractivity contribution in [2.24, 2.45) is 0 Å².